The van der Waals surface area contributed by atoms with Crippen molar-refractivity contribution >= 4 is 17.4 Å². The van der Waals surface area contributed by atoms with Gasteiger partial charge in [0.1, 0.15) is 11.6 Å². The average Bonchev–Trinajstić information content (AvgIpc) is 2.82. The lowest BCUT2D eigenvalue weighted by molar-refractivity contribution is 0.433. The van der Waals surface area contributed by atoms with E-state index >= 15 is 0 Å². The Bertz CT molecular complexity index is 800. The van der Waals surface area contributed by atoms with E-state index in [9.17, 15) is 8.78 Å². The van der Waals surface area contributed by atoms with E-state index < -0.39 is 11.6 Å². The molecule has 106 valence electrons. The van der Waals surface area contributed by atoms with Crippen molar-refractivity contribution in [1.29, 1.82) is 0 Å². The monoisotopic (exact) mass is 306 g/mol. The minimum absolute atomic E-state index is 0.0885. The van der Waals surface area contributed by atoms with Gasteiger partial charge < -0.3 is 10.3 Å². The fraction of sp³-hybridized carbons (Fsp3) is 0. The highest BCUT2D eigenvalue weighted by Crippen LogP contribution is 2.38. The van der Waals surface area contributed by atoms with Crippen molar-refractivity contribution in [3.8, 4) is 22.5 Å². The predicted molar refractivity (Wildman–Crippen MR) is 76.7 cm³/mol. The normalized spacial score (nSPS) is 10.8. The van der Waals surface area contributed by atoms with E-state index in [1.54, 1.807) is 24.3 Å². The largest absolute Gasteiger partial charge is 0.380 e. The Balaban J connectivity index is 2.19. The first kappa shape index (κ1) is 13.6. The van der Waals surface area contributed by atoms with Gasteiger partial charge in [-0.3, -0.25) is 0 Å². The van der Waals surface area contributed by atoms with Crippen LogP contribution in [0.3, 0.4) is 0 Å². The zero-order valence-corrected chi connectivity index (χ0v) is 11.4. The van der Waals surface area contributed by atoms with E-state index in [1.807, 2.05) is 0 Å². The third-order valence-corrected chi connectivity index (χ3v) is 3.28. The highest BCUT2D eigenvalue weighted by atomic mass is 35.5. The Morgan fingerprint density at radius 2 is 1.76 bits per heavy atom. The summed E-state index contributed by atoms with van der Waals surface area (Å²) in [5.41, 5.74) is 7.00. The van der Waals surface area contributed by atoms with Gasteiger partial charge in [-0.2, -0.15) is 0 Å². The minimum atomic E-state index is -0.749. The Hall–Kier alpha value is -2.40. The molecule has 0 radical (unpaired) electrons. The Morgan fingerprint density at radius 3 is 2.43 bits per heavy atom. The lowest BCUT2D eigenvalue weighted by Gasteiger charge is -2.04. The highest BCUT2D eigenvalue weighted by Gasteiger charge is 2.20. The summed E-state index contributed by atoms with van der Waals surface area (Å²) in [6, 6.07) is 9.99. The number of halogens is 3. The molecule has 0 bridgehead atoms. The first-order valence-electron chi connectivity index (χ1n) is 6.03. The van der Waals surface area contributed by atoms with Crippen LogP contribution in [0.4, 0.5) is 14.6 Å². The van der Waals surface area contributed by atoms with E-state index in [0.717, 1.165) is 12.1 Å². The molecule has 0 spiro atoms. The molecule has 0 saturated heterocycles. The van der Waals surface area contributed by atoms with Gasteiger partial charge >= 0.3 is 0 Å². The van der Waals surface area contributed by atoms with E-state index in [0.29, 0.717) is 16.1 Å². The van der Waals surface area contributed by atoms with Crippen LogP contribution in [-0.4, -0.2) is 5.16 Å². The lowest BCUT2D eigenvalue weighted by Crippen LogP contribution is -1.90. The summed E-state index contributed by atoms with van der Waals surface area (Å²) >= 11 is 5.84. The molecule has 1 aromatic heterocycles. The van der Waals surface area contributed by atoms with Crippen molar-refractivity contribution in [3.63, 3.8) is 0 Å². The summed E-state index contributed by atoms with van der Waals surface area (Å²) in [5.74, 6) is -1.15. The second-order valence-corrected chi connectivity index (χ2v) is 4.84. The van der Waals surface area contributed by atoms with E-state index in [4.69, 9.17) is 21.9 Å². The number of anilines is 1. The minimum Gasteiger partial charge on any atom is -0.380 e. The maximum atomic E-state index is 13.9. The van der Waals surface area contributed by atoms with Gasteiger partial charge in [0.2, 0.25) is 0 Å². The van der Waals surface area contributed by atoms with Gasteiger partial charge in [0, 0.05) is 11.1 Å². The summed E-state index contributed by atoms with van der Waals surface area (Å²) < 4.78 is 32.0. The van der Waals surface area contributed by atoms with E-state index in [2.05, 4.69) is 5.16 Å². The molecule has 0 aliphatic heterocycles. The van der Waals surface area contributed by atoms with Crippen LogP contribution < -0.4 is 5.73 Å². The van der Waals surface area contributed by atoms with E-state index in [-0.39, 0.29) is 17.1 Å². The van der Waals surface area contributed by atoms with Gasteiger partial charge in [-0.05, 0) is 29.8 Å². The number of hydrogen-bond donors (Lipinski definition) is 1. The zero-order valence-electron chi connectivity index (χ0n) is 10.6. The summed E-state index contributed by atoms with van der Waals surface area (Å²) in [7, 11) is 0. The van der Waals surface area contributed by atoms with Crippen LogP contribution in [-0.2, 0) is 0 Å². The standard InChI is InChI=1S/C15H9ClF2N2O/c16-9-3-1-8(2-4-9)13-14(21-20-15(13)19)11-6-5-10(17)7-12(11)18/h1-7H,(H2,19,20). The number of benzene rings is 2. The van der Waals surface area contributed by atoms with Crippen molar-refractivity contribution in [2.45, 2.75) is 0 Å². The average molecular weight is 307 g/mol. The summed E-state index contributed by atoms with van der Waals surface area (Å²) in [4.78, 5) is 0. The predicted octanol–water partition coefficient (Wildman–Crippen LogP) is 4.52. The van der Waals surface area contributed by atoms with Gasteiger partial charge in [-0.15, -0.1) is 0 Å². The van der Waals surface area contributed by atoms with Crippen LogP contribution in [0, 0.1) is 11.6 Å². The number of aromatic nitrogens is 1. The fourth-order valence-corrected chi connectivity index (χ4v) is 2.18. The molecule has 2 N–H and O–H groups in total. The van der Waals surface area contributed by atoms with Crippen LogP contribution in [0.15, 0.2) is 47.0 Å². The Kier molecular flexibility index (Phi) is 3.35. The Morgan fingerprint density at radius 1 is 1.05 bits per heavy atom. The van der Waals surface area contributed by atoms with Gasteiger partial charge in [-0.25, -0.2) is 8.78 Å². The number of rotatable bonds is 2. The summed E-state index contributed by atoms with van der Waals surface area (Å²) in [6.07, 6.45) is 0. The molecule has 0 amide bonds. The molecule has 6 heteroatoms. The van der Waals surface area contributed by atoms with Crippen LogP contribution in [0.25, 0.3) is 22.5 Å². The first-order valence-corrected chi connectivity index (χ1v) is 6.40. The number of hydrogen-bond acceptors (Lipinski definition) is 3. The Labute approximate surface area is 123 Å². The van der Waals surface area contributed by atoms with Crippen molar-refractivity contribution < 1.29 is 13.3 Å². The molecule has 0 atom stereocenters. The molecule has 0 unspecified atom stereocenters. The molecule has 3 aromatic rings. The van der Waals surface area contributed by atoms with Crippen LogP contribution in [0.1, 0.15) is 0 Å². The molecule has 1 heterocycles. The number of nitrogens with two attached hydrogens (primary N) is 1. The van der Waals surface area contributed by atoms with Crippen LogP contribution >= 0.6 is 11.6 Å². The SMILES string of the molecule is Nc1noc(-c2ccc(F)cc2F)c1-c1ccc(Cl)cc1. The van der Waals surface area contributed by atoms with E-state index in [1.165, 1.54) is 6.07 Å². The zero-order chi connectivity index (χ0) is 15.0. The summed E-state index contributed by atoms with van der Waals surface area (Å²) in [5, 5.41) is 4.22. The maximum absolute atomic E-state index is 13.9. The van der Waals surface area contributed by atoms with Crippen molar-refractivity contribution in [1.82, 2.24) is 5.16 Å². The number of nitrogen functional groups attached to an aromatic ring is 1. The maximum Gasteiger partial charge on any atom is 0.179 e. The summed E-state index contributed by atoms with van der Waals surface area (Å²) in [6.45, 7) is 0. The first-order chi connectivity index (χ1) is 10.1. The van der Waals surface area contributed by atoms with Gasteiger partial charge in [0.25, 0.3) is 0 Å². The van der Waals surface area contributed by atoms with Crippen LogP contribution in [0.5, 0.6) is 0 Å². The van der Waals surface area contributed by atoms with Crippen molar-refractivity contribution in [2.24, 2.45) is 0 Å². The topological polar surface area (TPSA) is 52.0 Å². The van der Waals surface area contributed by atoms with Gasteiger partial charge in [-0.1, -0.05) is 28.9 Å². The second-order valence-electron chi connectivity index (χ2n) is 4.40. The quantitative estimate of drug-likeness (QED) is 0.757. The third kappa shape index (κ3) is 2.48. The molecule has 0 saturated carbocycles. The molecular weight excluding hydrogens is 298 g/mol. The van der Waals surface area contributed by atoms with Crippen LogP contribution in [0.2, 0.25) is 5.02 Å². The molecule has 2 aromatic carbocycles. The highest BCUT2D eigenvalue weighted by molar-refractivity contribution is 6.30. The smallest absolute Gasteiger partial charge is 0.179 e. The molecular formula is C15H9ClF2N2O. The lowest BCUT2D eigenvalue weighted by atomic mass is 10.0. The number of nitrogens with zero attached hydrogens (tertiary/aromatic N) is 1. The second kappa shape index (κ2) is 5.18. The third-order valence-electron chi connectivity index (χ3n) is 3.03. The van der Waals surface area contributed by atoms with Crippen molar-refractivity contribution in [3.05, 3.63) is 59.1 Å². The molecule has 21 heavy (non-hydrogen) atoms. The molecule has 0 aliphatic rings. The fourth-order valence-electron chi connectivity index (χ4n) is 2.06. The molecule has 3 rings (SSSR count). The molecule has 3 nitrogen and oxygen atoms in total. The van der Waals surface area contributed by atoms with Gasteiger partial charge in [0.05, 0.1) is 11.1 Å². The van der Waals surface area contributed by atoms with Gasteiger partial charge in [0.15, 0.2) is 11.6 Å². The molecule has 0 aliphatic carbocycles. The molecule has 0 fully saturated rings. The van der Waals surface area contributed by atoms with Crippen molar-refractivity contribution in [2.75, 3.05) is 5.73 Å².